The number of rotatable bonds is 14. The van der Waals surface area contributed by atoms with Gasteiger partial charge in [-0.25, -0.2) is 14.6 Å². The molecule has 0 saturated heterocycles. The number of amides is 2. The van der Waals surface area contributed by atoms with E-state index in [2.05, 4.69) is 20.9 Å². The molecule has 1 rings (SSSR count). The molecule has 0 saturated carbocycles. The number of esters is 2. The first-order valence-electron chi connectivity index (χ1n) is 11.6. The normalized spacial score (nSPS) is 12.4. The second kappa shape index (κ2) is 15.7. The molecule has 0 bridgehead atoms. The van der Waals surface area contributed by atoms with Gasteiger partial charge in [0.2, 0.25) is 11.8 Å². The van der Waals surface area contributed by atoms with E-state index in [1.54, 1.807) is 45.0 Å². The predicted molar refractivity (Wildman–Crippen MR) is 136 cm³/mol. The molecule has 0 aliphatic rings. The molecule has 0 unspecified atom stereocenters. The summed E-state index contributed by atoms with van der Waals surface area (Å²) >= 11 is 0. The molecule has 13 heteroatoms. The molecule has 1 aromatic rings. The molecule has 0 fully saturated rings. The number of nitrogens with one attached hydrogen (secondary N) is 3. The number of carbonyl (C=O) groups excluding carboxylic acids is 4. The average molecular weight is 519 g/mol. The van der Waals surface area contributed by atoms with Crippen LogP contribution in [0.4, 0.5) is 5.69 Å². The van der Waals surface area contributed by atoms with Crippen molar-refractivity contribution in [2.24, 2.45) is 22.4 Å². The maximum Gasteiger partial charge on any atom is 0.338 e. The van der Waals surface area contributed by atoms with Crippen molar-refractivity contribution < 1.29 is 33.8 Å². The van der Waals surface area contributed by atoms with Crippen molar-refractivity contribution in [3.05, 3.63) is 35.9 Å². The molecular formula is C24H34N6O7. The monoisotopic (exact) mass is 518 g/mol. The second-order valence-corrected chi connectivity index (χ2v) is 8.39. The van der Waals surface area contributed by atoms with Gasteiger partial charge in [-0.3, -0.25) is 14.4 Å². The van der Waals surface area contributed by atoms with Gasteiger partial charge in [0.05, 0.1) is 18.7 Å². The van der Waals surface area contributed by atoms with Crippen molar-refractivity contribution in [2.45, 2.75) is 45.7 Å². The molecular weight excluding hydrogens is 484 g/mol. The lowest BCUT2D eigenvalue weighted by Gasteiger charge is -2.22. The van der Waals surface area contributed by atoms with E-state index >= 15 is 0 Å². The van der Waals surface area contributed by atoms with E-state index in [9.17, 15) is 24.0 Å². The summed E-state index contributed by atoms with van der Waals surface area (Å²) in [5.41, 5.74) is 11.8. The summed E-state index contributed by atoms with van der Waals surface area (Å²) in [7, 11) is 0. The molecule has 0 spiro atoms. The van der Waals surface area contributed by atoms with Crippen LogP contribution in [0.15, 0.2) is 35.3 Å². The molecule has 1 aromatic carbocycles. The molecule has 0 aromatic heterocycles. The lowest BCUT2D eigenvalue weighted by molar-refractivity contribution is -0.159. The maximum absolute atomic E-state index is 12.7. The van der Waals surface area contributed by atoms with Gasteiger partial charge < -0.3 is 37.3 Å². The number of ether oxygens (including phenoxy) is 1. The lowest BCUT2D eigenvalue weighted by Crippen LogP contribution is -2.54. The Bertz CT molecular complexity index is 1020. The van der Waals surface area contributed by atoms with Gasteiger partial charge in [-0.1, -0.05) is 32.9 Å². The van der Waals surface area contributed by atoms with E-state index < -0.39 is 48.2 Å². The number of carboxylic acids is 1. The Labute approximate surface area is 214 Å². The number of hydrogen-bond donors (Lipinski definition) is 6. The molecule has 0 radical (unpaired) electrons. The summed E-state index contributed by atoms with van der Waals surface area (Å²) < 4.78 is 4.86. The van der Waals surface area contributed by atoms with Crippen molar-refractivity contribution in [3.8, 4) is 0 Å². The van der Waals surface area contributed by atoms with Gasteiger partial charge in [-0.15, -0.1) is 0 Å². The van der Waals surface area contributed by atoms with Crippen molar-refractivity contribution in [2.75, 3.05) is 13.1 Å². The van der Waals surface area contributed by atoms with Crippen molar-refractivity contribution in [3.63, 3.8) is 0 Å². The summed E-state index contributed by atoms with van der Waals surface area (Å²) in [6, 6.07) is 3.85. The van der Waals surface area contributed by atoms with Crippen LogP contribution in [0.5, 0.6) is 0 Å². The van der Waals surface area contributed by atoms with Gasteiger partial charge >= 0.3 is 17.9 Å². The number of aliphatic carboxylic acids is 1. The van der Waals surface area contributed by atoms with Crippen molar-refractivity contribution in [1.29, 1.82) is 0 Å². The van der Waals surface area contributed by atoms with Crippen LogP contribution in [0.1, 0.15) is 39.2 Å². The first-order chi connectivity index (χ1) is 17.4. The van der Waals surface area contributed by atoms with Crippen LogP contribution in [-0.4, -0.2) is 66.0 Å². The van der Waals surface area contributed by atoms with Crippen LogP contribution in [0.25, 0.3) is 6.08 Å². The van der Waals surface area contributed by atoms with Crippen LogP contribution in [0, 0.1) is 5.92 Å². The highest BCUT2D eigenvalue weighted by Crippen LogP contribution is 2.14. The molecule has 2 amide bonds. The molecule has 202 valence electrons. The van der Waals surface area contributed by atoms with Crippen LogP contribution in [0.2, 0.25) is 0 Å². The fraction of sp³-hybridized carbons (Fsp3) is 0.417. The van der Waals surface area contributed by atoms with Crippen LogP contribution in [-0.2, 0) is 28.7 Å². The number of carboxylic acid groups (broad SMARTS) is 1. The van der Waals surface area contributed by atoms with E-state index in [4.69, 9.17) is 21.3 Å². The first kappa shape index (κ1) is 30.8. The zero-order valence-electron chi connectivity index (χ0n) is 21.0. The Balaban J connectivity index is 2.87. The molecule has 0 heterocycles. The molecule has 2 atom stereocenters. The Kier molecular flexibility index (Phi) is 13.0. The van der Waals surface area contributed by atoms with E-state index in [1.165, 1.54) is 6.08 Å². The smallest absolute Gasteiger partial charge is 0.338 e. The van der Waals surface area contributed by atoms with E-state index in [0.29, 0.717) is 17.8 Å². The van der Waals surface area contributed by atoms with Gasteiger partial charge in [0.25, 0.3) is 0 Å². The number of guanidine groups is 1. The number of hydrogen-bond acceptors (Lipinski definition) is 8. The van der Waals surface area contributed by atoms with E-state index in [1.807, 2.05) is 0 Å². The summed E-state index contributed by atoms with van der Waals surface area (Å²) in [6.07, 6.45) is 1.86. The molecule has 37 heavy (non-hydrogen) atoms. The average Bonchev–Trinajstić information content (AvgIpc) is 2.80. The molecule has 0 aliphatic heterocycles. The zero-order chi connectivity index (χ0) is 28.0. The van der Waals surface area contributed by atoms with Gasteiger partial charge in [0.1, 0.15) is 12.1 Å². The number of carbonyl (C=O) groups is 5. The Morgan fingerprint density at radius 3 is 2.24 bits per heavy atom. The summed E-state index contributed by atoms with van der Waals surface area (Å²) in [5, 5.41) is 16.6. The highest BCUT2D eigenvalue weighted by molar-refractivity contribution is 5.98. The fourth-order valence-electron chi connectivity index (χ4n) is 3.00. The Morgan fingerprint density at radius 1 is 1.05 bits per heavy atom. The summed E-state index contributed by atoms with van der Waals surface area (Å²) in [6.45, 7) is 5.73. The van der Waals surface area contributed by atoms with Crippen LogP contribution >= 0.6 is 0 Å². The third-order valence-electron chi connectivity index (χ3n) is 4.64. The standard InChI is InChI=1S/C24H34N6O7/c1-4-27-13-19(31)29-17(12-20(32)33)22(35)30-18(11-14(2)3)23(36)37-21(34)10-7-15-5-8-16(9-6-15)28-24(25)26/h5-10,14,17-18,27H,4,11-13H2,1-3H3,(H,29,31)(H,30,35)(H,32,33)(H4,25,26,28)/t17-,18-/m0/s1. The Morgan fingerprint density at radius 2 is 1.70 bits per heavy atom. The summed E-state index contributed by atoms with van der Waals surface area (Å²) in [5.74, 6) is -4.97. The van der Waals surface area contributed by atoms with Gasteiger partial charge in [-0.05, 0) is 42.7 Å². The number of nitrogens with two attached hydrogens (primary N) is 2. The van der Waals surface area contributed by atoms with Crippen LogP contribution < -0.4 is 27.4 Å². The van der Waals surface area contributed by atoms with E-state index in [0.717, 1.165) is 6.08 Å². The Hall–Kier alpha value is -4.26. The third-order valence-corrected chi connectivity index (χ3v) is 4.64. The maximum atomic E-state index is 12.7. The minimum Gasteiger partial charge on any atom is -0.481 e. The van der Waals surface area contributed by atoms with Crippen molar-refractivity contribution in [1.82, 2.24) is 16.0 Å². The lowest BCUT2D eigenvalue weighted by atomic mass is 10.0. The topological polar surface area (TPSA) is 215 Å². The highest BCUT2D eigenvalue weighted by Gasteiger charge is 2.30. The van der Waals surface area contributed by atoms with Gasteiger partial charge in [0, 0.05) is 6.08 Å². The van der Waals surface area contributed by atoms with Gasteiger partial charge in [-0.2, -0.15) is 0 Å². The second-order valence-electron chi connectivity index (χ2n) is 8.39. The number of likely N-dealkylation sites (N-methyl/N-ethyl adjacent to an activating group) is 1. The number of nitrogens with zero attached hydrogens (tertiary/aromatic N) is 1. The quantitative estimate of drug-likeness (QED) is 0.0625. The van der Waals surface area contributed by atoms with Crippen molar-refractivity contribution >= 4 is 47.4 Å². The molecule has 8 N–H and O–H groups in total. The summed E-state index contributed by atoms with van der Waals surface area (Å²) in [4.78, 5) is 64.6. The van der Waals surface area contributed by atoms with Gasteiger partial charge in [0.15, 0.2) is 5.96 Å². The predicted octanol–water partition coefficient (Wildman–Crippen LogP) is -0.226. The third kappa shape index (κ3) is 12.9. The fourth-order valence-corrected chi connectivity index (χ4v) is 3.00. The largest absolute Gasteiger partial charge is 0.481 e. The number of aliphatic imine (C=N–C) groups is 1. The zero-order valence-corrected chi connectivity index (χ0v) is 21.0. The van der Waals surface area contributed by atoms with E-state index in [-0.39, 0.29) is 24.8 Å². The van der Waals surface area contributed by atoms with Crippen LogP contribution in [0.3, 0.4) is 0 Å². The number of benzene rings is 1. The minimum absolute atomic E-state index is 0.0894. The SMILES string of the molecule is CCNCC(=O)N[C@@H](CC(=O)O)C(=O)N[C@@H](CC(C)C)C(=O)OC(=O)C=Cc1ccc(N=C(N)N)cc1. The highest BCUT2D eigenvalue weighted by atomic mass is 16.6. The first-order valence-corrected chi connectivity index (χ1v) is 11.6. The minimum atomic E-state index is -1.43. The molecule has 0 aliphatic carbocycles. The molecule has 13 nitrogen and oxygen atoms in total.